The van der Waals surface area contributed by atoms with E-state index in [9.17, 15) is 10.1 Å². The molecule has 1 N–H and O–H groups in total. The van der Waals surface area contributed by atoms with Crippen molar-refractivity contribution in [1.82, 2.24) is 5.32 Å². The number of nitrogens with one attached hydrogen (secondary N) is 1. The Labute approximate surface area is 123 Å². The van der Waals surface area contributed by atoms with E-state index >= 15 is 0 Å². The van der Waals surface area contributed by atoms with Gasteiger partial charge in [-0.2, -0.15) is 5.26 Å². The number of fused-ring (bicyclic) bond motifs is 1. The van der Waals surface area contributed by atoms with E-state index in [2.05, 4.69) is 5.32 Å². The molecule has 3 rings (SSSR count). The summed E-state index contributed by atoms with van der Waals surface area (Å²) in [5, 5.41) is 13.0. The summed E-state index contributed by atoms with van der Waals surface area (Å²) < 4.78 is 5.78. The van der Waals surface area contributed by atoms with Gasteiger partial charge < -0.3 is 9.73 Å². The summed E-state index contributed by atoms with van der Waals surface area (Å²) in [6.45, 7) is 1.99. The Balaban J connectivity index is 2.03. The second-order valence-corrected chi connectivity index (χ2v) is 5.21. The molecule has 0 bridgehead atoms. The highest BCUT2D eigenvalue weighted by Crippen LogP contribution is 2.28. The second kappa shape index (κ2) is 5.45. The summed E-state index contributed by atoms with van der Waals surface area (Å²) in [6, 6.07) is 9.89. The standard InChI is InChI=1S/C17H16N2O2/c1-2-15-14(13-5-3-4-6-16(13)21-15)9-11(10-18)17(20)19-12-7-8-12/h3-6,9,12H,2,7-8H2,1H3,(H,19,20)/b11-9+. The van der Waals surface area contributed by atoms with Crippen LogP contribution in [0.4, 0.5) is 0 Å². The fraction of sp³-hybridized carbons (Fsp3) is 0.294. The van der Waals surface area contributed by atoms with Gasteiger partial charge in [0.2, 0.25) is 0 Å². The number of furan rings is 1. The zero-order valence-electron chi connectivity index (χ0n) is 11.8. The number of hydrogen-bond acceptors (Lipinski definition) is 3. The van der Waals surface area contributed by atoms with E-state index in [0.29, 0.717) is 6.42 Å². The van der Waals surface area contributed by atoms with Gasteiger partial charge in [-0.3, -0.25) is 4.79 Å². The molecule has 1 saturated carbocycles. The van der Waals surface area contributed by atoms with Crippen LogP contribution in [0.15, 0.2) is 34.3 Å². The van der Waals surface area contributed by atoms with Crippen LogP contribution >= 0.6 is 0 Å². The van der Waals surface area contributed by atoms with Crippen molar-refractivity contribution >= 4 is 23.0 Å². The van der Waals surface area contributed by atoms with E-state index in [4.69, 9.17) is 4.42 Å². The Morgan fingerprint density at radius 1 is 1.48 bits per heavy atom. The van der Waals surface area contributed by atoms with E-state index in [1.54, 1.807) is 6.08 Å². The summed E-state index contributed by atoms with van der Waals surface area (Å²) >= 11 is 0. The third kappa shape index (κ3) is 2.68. The number of nitrogens with zero attached hydrogens (tertiary/aromatic N) is 1. The van der Waals surface area contributed by atoms with Gasteiger partial charge in [-0.05, 0) is 25.0 Å². The zero-order chi connectivity index (χ0) is 14.8. The Bertz CT molecular complexity index is 761. The third-order valence-corrected chi connectivity index (χ3v) is 3.60. The highest BCUT2D eigenvalue weighted by atomic mass is 16.3. The van der Waals surface area contributed by atoms with E-state index in [-0.39, 0.29) is 17.5 Å². The van der Waals surface area contributed by atoms with E-state index in [1.165, 1.54) is 0 Å². The molecular weight excluding hydrogens is 264 g/mol. The molecule has 106 valence electrons. The van der Waals surface area contributed by atoms with Crippen LogP contribution in [0.1, 0.15) is 31.1 Å². The van der Waals surface area contributed by atoms with Crippen LogP contribution in [-0.4, -0.2) is 11.9 Å². The Hall–Kier alpha value is -2.54. The fourth-order valence-electron chi connectivity index (χ4n) is 2.32. The topological polar surface area (TPSA) is 66.0 Å². The van der Waals surface area contributed by atoms with Crippen LogP contribution in [0.3, 0.4) is 0 Å². The molecule has 1 aliphatic rings. The SMILES string of the molecule is CCc1oc2ccccc2c1/C=C(\C#N)C(=O)NC1CC1. The van der Waals surface area contributed by atoms with Crippen LogP contribution in [0.2, 0.25) is 0 Å². The number of hydrogen-bond donors (Lipinski definition) is 1. The number of carbonyl (C=O) groups is 1. The molecule has 1 amide bonds. The lowest BCUT2D eigenvalue weighted by atomic mass is 10.1. The number of rotatable bonds is 4. The maximum atomic E-state index is 12.1. The summed E-state index contributed by atoms with van der Waals surface area (Å²) in [4.78, 5) is 12.1. The van der Waals surface area contributed by atoms with Crippen molar-refractivity contribution in [2.45, 2.75) is 32.2 Å². The van der Waals surface area contributed by atoms with Crippen LogP contribution in [0, 0.1) is 11.3 Å². The molecule has 0 radical (unpaired) electrons. The molecule has 4 heteroatoms. The minimum absolute atomic E-state index is 0.128. The Kier molecular flexibility index (Phi) is 3.49. The first-order valence-corrected chi connectivity index (χ1v) is 7.16. The van der Waals surface area contributed by atoms with E-state index in [0.717, 1.165) is 35.1 Å². The molecule has 0 saturated heterocycles. The number of amides is 1. The molecule has 1 aromatic carbocycles. The number of nitriles is 1. The summed E-state index contributed by atoms with van der Waals surface area (Å²) in [5.74, 6) is 0.496. The molecule has 0 atom stereocenters. The predicted molar refractivity (Wildman–Crippen MR) is 80.3 cm³/mol. The predicted octanol–water partition coefficient (Wildman–Crippen LogP) is 3.18. The first kappa shape index (κ1) is 13.4. The molecule has 21 heavy (non-hydrogen) atoms. The van der Waals surface area contributed by atoms with Gasteiger partial charge in [0.25, 0.3) is 5.91 Å². The lowest BCUT2D eigenvalue weighted by Crippen LogP contribution is -2.26. The van der Waals surface area contributed by atoms with Crippen LogP contribution in [-0.2, 0) is 11.2 Å². The number of aryl methyl sites for hydroxylation is 1. The van der Waals surface area contributed by atoms with Gasteiger partial charge in [-0.25, -0.2) is 0 Å². The monoisotopic (exact) mass is 280 g/mol. The van der Waals surface area contributed by atoms with Crippen molar-refractivity contribution < 1.29 is 9.21 Å². The highest BCUT2D eigenvalue weighted by Gasteiger charge is 2.25. The van der Waals surface area contributed by atoms with Gasteiger partial charge in [0.15, 0.2) is 0 Å². The molecule has 2 aromatic rings. The summed E-state index contributed by atoms with van der Waals surface area (Å²) in [7, 11) is 0. The van der Waals surface area contributed by atoms with E-state index < -0.39 is 0 Å². The minimum atomic E-state index is -0.299. The van der Waals surface area contributed by atoms with Gasteiger partial charge in [0.1, 0.15) is 23.0 Å². The first-order chi connectivity index (χ1) is 10.2. The summed E-state index contributed by atoms with van der Waals surface area (Å²) in [5.41, 5.74) is 1.74. The normalized spacial score (nSPS) is 15.0. The lowest BCUT2D eigenvalue weighted by molar-refractivity contribution is -0.117. The van der Waals surface area contributed by atoms with Crippen molar-refractivity contribution in [2.75, 3.05) is 0 Å². The molecule has 1 aliphatic carbocycles. The van der Waals surface area contributed by atoms with Crippen molar-refractivity contribution in [3.63, 3.8) is 0 Å². The van der Waals surface area contributed by atoms with Gasteiger partial charge in [0.05, 0.1) is 0 Å². The maximum absolute atomic E-state index is 12.1. The fourth-order valence-corrected chi connectivity index (χ4v) is 2.32. The average molecular weight is 280 g/mol. The second-order valence-electron chi connectivity index (χ2n) is 5.21. The molecule has 1 aromatic heterocycles. The largest absolute Gasteiger partial charge is 0.460 e. The van der Waals surface area contributed by atoms with Crippen molar-refractivity contribution in [3.05, 3.63) is 41.2 Å². The average Bonchev–Trinajstić information content (AvgIpc) is 3.24. The first-order valence-electron chi connectivity index (χ1n) is 7.16. The van der Waals surface area contributed by atoms with Crippen LogP contribution in [0.25, 0.3) is 17.0 Å². The zero-order valence-corrected chi connectivity index (χ0v) is 11.8. The number of benzene rings is 1. The maximum Gasteiger partial charge on any atom is 0.262 e. The smallest absolute Gasteiger partial charge is 0.262 e. The molecule has 0 spiro atoms. The van der Waals surface area contributed by atoms with Crippen LogP contribution in [0.5, 0.6) is 0 Å². The third-order valence-electron chi connectivity index (χ3n) is 3.60. The molecular formula is C17H16N2O2. The van der Waals surface area contributed by atoms with Crippen LogP contribution < -0.4 is 5.32 Å². The van der Waals surface area contributed by atoms with Crippen molar-refractivity contribution in [3.8, 4) is 6.07 Å². The van der Waals surface area contributed by atoms with Gasteiger partial charge in [-0.15, -0.1) is 0 Å². The molecule has 0 unspecified atom stereocenters. The van der Waals surface area contributed by atoms with Crippen molar-refractivity contribution in [1.29, 1.82) is 5.26 Å². The molecule has 4 nitrogen and oxygen atoms in total. The quantitative estimate of drug-likeness (QED) is 0.691. The van der Waals surface area contributed by atoms with Gasteiger partial charge >= 0.3 is 0 Å². The highest BCUT2D eigenvalue weighted by molar-refractivity contribution is 6.04. The molecule has 1 heterocycles. The minimum Gasteiger partial charge on any atom is -0.460 e. The Morgan fingerprint density at radius 2 is 2.24 bits per heavy atom. The lowest BCUT2D eigenvalue weighted by Gasteiger charge is -2.01. The van der Waals surface area contributed by atoms with Gasteiger partial charge in [-0.1, -0.05) is 25.1 Å². The number of carbonyl (C=O) groups excluding carboxylic acids is 1. The number of para-hydroxylation sites is 1. The molecule has 0 aliphatic heterocycles. The van der Waals surface area contributed by atoms with E-state index in [1.807, 2.05) is 37.3 Å². The Morgan fingerprint density at radius 3 is 2.90 bits per heavy atom. The summed E-state index contributed by atoms with van der Waals surface area (Å²) in [6.07, 6.45) is 4.35. The van der Waals surface area contributed by atoms with Crippen molar-refractivity contribution in [2.24, 2.45) is 0 Å². The molecule has 1 fully saturated rings. The van der Waals surface area contributed by atoms with Gasteiger partial charge in [0, 0.05) is 23.4 Å².